The summed E-state index contributed by atoms with van der Waals surface area (Å²) in [7, 11) is 1.31. The second-order valence-electron chi connectivity index (χ2n) is 9.25. The molecule has 3 aromatic rings. The standard InChI is InChI=1S/C28H26F3N3O4/c1-16(2)24(26(36)38-3)34-15-19-14-18(6-13-23(19)25(34)35)17-4-9-21(10-5-17)32-27(37)33-22-11-7-20(8-12-22)28(29,30)31/h4-14,16,24H,15H2,1-3H3,(H2,32,33,37)/t24-/m0/s1. The molecule has 38 heavy (non-hydrogen) atoms. The van der Waals surface area contributed by atoms with Gasteiger partial charge in [0.2, 0.25) is 0 Å². The molecule has 0 bridgehead atoms. The van der Waals surface area contributed by atoms with Crippen LogP contribution in [0.15, 0.2) is 66.7 Å². The molecule has 198 valence electrons. The minimum Gasteiger partial charge on any atom is -0.467 e. The number of hydrogen-bond donors (Lipinski definition) is 2. The largest absolute Gasteiger partial charge is 0.467 e. The minimum absolute atomic E-state index is 0.114. The summed E-state index contributed by atoms with van der Waals surface area (Å²) >= 11 is 0. The first-order valence-electron chi connectivity index (χ1n) is 11.9. The molecule has 0 unspecified atom stereocenters. The van der Waals surface area contributed by atoms with Gasteiger partial charge in [-0.15, -0.1) is 0 Å². The molecule has 7 nitrogen and oxygen atoms in total. The normalized spacial score (nSPS) is 13.8. The van der Waals surface area contributed by atoms with Crippen LogP contribution in [-0.4, -0.2) is 36.0 Å². The molecule has 1 aliphatic rings. The lowest BCUT2D eigenvalue weighted by Gasteiger charge is -2.28. The number of carbonyl (C=O) groups excluding carboxylic acids is 3. The number of methoxy groups -OCH3 is 1. The van der Waals surface area contributed by atoms with E-state index < -0.39 is 29.8 Å². The quantitative estimate of drug-likeness (QED) is 0.377. The maximum atomic E-state index is 13.0. The number of anilines is 2. The molecule has 0 saturated carbocycles. The molecule has 1 atom stereocenters. The van der Waals surface area contributed by atoms with Crippen LogP contribution >= 0.6 is 0 Å². The van der Waals surface area contributed by atoms with Gasteiger partial charge in [0, 0.05) is 23.5 Å². The Morgan fingerprint density at radius 1 is 0.895 bits per heavy atom. The number of fused-ring (bicyclic) bond motifs is 1. The van der Waals surface area contributed by atoms with E-state index in [2.05, 4.69) is 10.6 Å². The van der Waals surface area contributed by atoms with Gasteiger partial charge in [0.1, 0.15) is 6.04 Å². The molecule has 10 heteroatoms. The summed E-state index contributed by atoms with van der Waals surface area (Å²) in [5.41, 5.74) is 2.96. The zero-order chi connectivity index (χ0) is 27.6. The molecule has 0 saturated heterocycles. The second kappa shape index (κ2) is 10.6. The summed E-state index contributed by atoms with van der Waals surface area (Å²) in [5.74, 6) is -0.780. The predicted octanol–water partition coefficient (Wildman–Crippen LogP) is 6.17. The second-order valence-corrected chi connectivity index (χ2v) is 9.25. The molecule has 0 spiro atoms. The van der Waals surface area contributed by atoms with Gasteiger partial charge in [-0.25, -0.2) is 9.59 Å². The van der Waals surface area contributed by atoms with Gasteiger partial charge in [-0.2, -0.15) is 13.2 Å². The molecule has 3 amide bonds. The zero-order valence-electron chi connectivity index (χ0n) is 20.9. The fourth-order valence-corrected chi connectivity index (χ4v) is 4.41. The van der Waals surface area contributed by atoms with Gasteiger partial charge in [0.15, 0.2) is 0 Å². The van der Waals surface area contributed by atoms with Gasteiger partial charge in [0.05, 0.1) is 12.7 Å². The van der Waals surface area contributed by atoms with Crippen LogP contribution in [0.3, 0.4) is 0 Å². The van der Waals surface area contributed by atoms with Crippen molar-refractivity contribution < 1.29 is 32.3 Å². The molecule has 0 aliphatic carbocycles. The van der Waals surface area contributed by atoms with E-state index in [9.17, 15) is 27.6 Å². The Kier molecular flexibility index (Phi) is 7.43. The van der Waals surface area contributed by atoms with E-state index in [0.717, 1.165) is 28.8 Å². The van der Waals surface area contributed by atoms with Crippen molar-refractivity contribution in [2.24, 2.45) is 5.92 Å². The monoisotopic (exact) mass is 525 g/mol. The van der Waals surface area contributed by atoms with Crippen molar-refractivity contribution in [1.82, 2.24) is 4.90 Å². The van der Waals surface area contributed by atoms with Crippen LogP contribution in [0.1, 0.15) is 35.3 Å². The molecular formula is C28H26F3N3O4. The molecule has 0 aromatic heterocycles. The number of nitrogens with one attached hydrogen (secondary N) is 2. The van der Waals surface area contributed by atoms with Crippen molar-refractivity contribution >= 4 is 29.3 Å². The van der Waals surface area contributed by atoms with Crippen molar-refractivity contribution in [2.75, 3.05) is 17.7 Å². The lowest BCUT2D eigenvalue weighted by molar-refractivity contribution is -0.147. The Morgan fingerprint density at radius 2 is 1.45 bits per heavy atom. The Balaban J connectivity index is 1.42. The number of amides is 3. The van der Waals surface area contributed by atoms with Crippen LogP contribution in [0.5, 0.6) is 0 Å². The first kappa shape index (κ1) is 26.7. The van der Waals surface area contributed by atoms with Crippen molar-refractivity contribution in [3.63, 3.8) is 0 Å². The maximum absolute atomic E-state index is 13.0. The van der Waals surface area contributed by atoms with Crippen molar-refractivity contribution in [3.8, 4) is 11.1 Å². The summed E-state index contributed by atoms with van der Waals surface area (Å²) in [4.78, 5) is 39.1. The maximum Gasteiger partial charge on any atom is 0.416 e. The number of rotatable bonds is 6. The summed E-state index contributed by atoms with van der Waals surface area (Å²) in [6.45, 7) is 4.02. The number of nitrogens with zero attached hydrogens (tertiary/aromatic N) is 1. The number of halogens is 3. The number of carbonyl (C=O) groups is 3. The van der Waals surface area contributed by atoms with E-state index in [0.29, 0.717) is 17.8 Å². The number of urea groups is 1. The highest BCUT2D eigenvalue weighted by molar-refractivity contribution is 6.01. The van der Waals surface area contributed by atoms with E-state index >= 15 is 0 Å². The van der Waals surface area contributed by atoms with Gasteiger partial charge >= 0.3 is 18.2 Å². The van der Waals surface area contributed by atoms with Crippen LogP contribution in [0, 0.1) is 5.92 Å². The lowest BCUT2D eigenvalue weighted by Crippen LogP contribution is -2.45. The summed E-state index contributed by atoms with van der Waals surface area (Å²) in [5, 5.41) is 5.13. The highest BCUT2D eigenvalue weighted by atomic mass is 19.4. The van der Waals surface area contributed by atoms with Gasteiger partial charge in [-0.3, -0.25) is 4.79 Å². The first-order valence-corrected chi connectivity index (χ1v) is 11.9. The Bertz CT molecular complexity index is 1350. The predicted molar refractivity (Wildman–Crippen MR) is 136 cm³/mol. The van der Waals surface area contributed by atoms with Crippen LogP contribution in [-0.2, 0) is 22.3 Å². The van der Waals surface area contributed by atoms with Crippen molar-refractivity contribution in [1.29, 1.82) is 0 Å². The van der Waals surface area contributed by atoms with Gasteiger partial charge in [0.25, 0.3) is 5.91 Å². The molecule has 0 radical (unpaired) electrons. The lowest BCUT2D eigenvalue weighted by atomic mass is 10.0. The number of hydrogen-bond acceptors (Lipinski definition) is 4. The topological polar surface area (TPSA) is 87.7 Å². The summed E-state index contributed by atoms with van der Waals surface area (Å²) in [6, 6.07) is 15.3. The summed E-state index contributed by atoms with van der Waals surface area (Å²) < 4.78 is 43.0. The highest BCUT2D eigenvalue weighted by Crippen LogP contribution is 2.32. The Morgan fingerprint density at radius 3 is 1.97 bits per heavy atom. The van der Waals surface area contributed by atoms with E-state index in [1.165, 1.54) is 24.1 Å². The number of ether oxygens (including phenoxy) is 1. The van der Waals surface area contributed by atoms with Crippen LogP contribution in [0.2, 0.25) is 0 Å². The third kappa shape index (κ3) is 5.64. The van der Waals surface area contributed by atoms with Gasteiger partial charge in [-0.1, -0.05) is 32.0 Å². The zero-order valence-corrected chi connectivity index (χ0v) is 20.9. The molecule has 1 heterocycles. The van der Waals surface area contributed by atoms with Crippen molar-refractivity contribution in [3.05, 3.63) is 83.4 Å². The van der Waals surface area contributed by atoms with Gasteiger partial charge in [-0.05, 0) is 71.1 Å². The SMILES string of the molecule is COC(=O)[C@H](C(C)C)N1Cc2cc(-c3ccc(NC(=O)Nc4ccc(C(F)(F)F)cc4)cc3)ccc2C1=O. The third-order valence-electron chi connectivity index (χ3n) is 6.29. The van der Waals surface area contributed by atoms with Gasteiger partial charge < -0.3 is 20.3 Å². The average molecular weight is 526 g/mol. The Labute approximate surface area is 217 Å². The van der Waals surface area contributed by atoms with E-state index in [4.69, 9.17) is 4.74 Å². The molecule has 3 aromatic carbocycles. The Hall–Kier alpha value is -4.34. The highest BCUT2D eigenvalue weighted by Gasteiger charge is 2.38. The number of benzene rings is 3. The van der Waals surface area contributed by atoms with Crippen molar-refractivity contribution in [2.45, 2.75) is 32.6 Å². The van der Waals surface area contributed by atoms with Crippen LogP contribution in [0.4, 0.5) is 29.3 Å². The number of alkyl halides is 3. The molecule has 2 N–H and O–H groups in total. The summed E-state index contributed by atoms with van der Waals surface area (Å²) in [6.07, 6.45) is -4.45. The average Bonchev–Trinajstić information content (AvgIpc) is 3.19. The minimum atomic E-state index is -4.45. The molecule has 4 rings (SSSR count). The molecule has 1 aliphatic heterocycles. The fraction of sp³-hybridized carbons (Fsp3) is 0.250. The van der Waals surface area contributed by atoms with E-state index in [1.807, 2.05) is 26.0 Å². The van der Waals surface area contributed by atoms with Crippen LogP contribution < -0.4 is 10.6 Å². The smallest absolute Gasteiger partial charge is 0.416 e. The fourth-order valence-electron chi connectivity index (χ4n) is 4.41. The number of esters is 1. The third-order valence-corrected chi connectivity index (χ3v) is 6.29. The first-order chi connectivity index (χ1) is 18.0. The van der Waals surface area contributed by atoms with Crippen LogP contribution in [0.25, 0.3) is 11.1 Å². The van der Waals surface area contributed by atoms with E-state index in [1.54, 1.807) is 30.3 Å². The molecule has 0 fully saturated rings. The van der Waals surface area contributed by atoms with E-state index in [-0.39, 0.29) is 17.5 Å². The molecular weight excluding hydrogens is 499 g/mol.